The molecule has 0 aliphatic heterocycles. The fraction of sp³-hybridized carbons (Fsp3) is 0. The summed E-state index contributed by atoms with van der Waals surface area (Å²) in [5, 5.41) is 1.10. The molecule has 0 unspecified atom stereocenters. The molecule has 0 bridgehead atoms. The molecule has 3 nitrogen and oxygen atoms in total. The van der Waals surface area contributed by atoms with Crippen molar-refractivity contribution in [1.29, 1.82) is 0 Å². The van der Waals surface area contributed by atoms with Crippen LogP contribution < -0.4 is 0 Å². The van der Waals surface area contributed by atoms with Gasteiger partial charge in [0.15, 0.2) is 6.29 Å². The van der Waals surface area contributed by atoms with Crippen molar-refractivity contribution in [1.82, 2.24) is 9.97 Å². The molecular formula is C15H10N2O. The van der Waals surface area contributed by atoms with Gasteiger partial charge in [0.05, 0.1) is 11.2 Å². The van der Waals surface area contributed by atoms with Crippen LogP contribution in [0.1, 0.15) is 10.4 Å². The number of benzene rings is 1. The van der Waals surface area contributed by atoms with Gasteiger partial charge in [-0.2, -0.15) is 0 Å². The third-order valence-electron chi connectivity index (χ3n) is 2.79. The Kier molecular flexibility index (Phi) is 2.57. The zero-order valence-electron chi connectivity index (χ0n) is 9.58. The number of aldehydes is 1. The molecule has 0 saturated carbocycles. The number of hydrogen-bond donors (Lipinski definition) is 0. The fourth-order valence-electron chi connectivity index (χ4n) is 1.89. The Hall–Kier alpha value is -2.55. The summed E-state index contributed by atoms with van der Waals surface area (Å²) < 4.78 is 0. The van der Waals surface area contributed by atoms with E-state index < -0.39 is 0 Å². The van der Waals surface area contributed by atoms with Crippen molar-refractivity contribution in [3.63, 3.8) is 0 Å². The van der Waals surface area contributed by atoms with E-state index in [0.717, 1.165) is 28.4 Å². The minimum absolute atomic E-state index is 0.558. The van der Waals surface area contributed by atoms with Gasteiger partial charge in [0.25, 0.3) is 0 Å². The van der Waals surface area contributed by atoms with Crippen LogP contribution in [0.25, 0.3) is 22.2 Å². The molecule has 0 aliphatic rings. The first-order chi connectivity index (χ1) is 8.86. The molecule has 0 saturated heterocycles. The van der Waals surface area contributed by atoms with Crippen LogP contribution >= 0.6 is 0 Å². The predicted molar refractivity (Wildman–Crippen MR) is 70.4 cm³/mol. The molecule has 0 spiro atoms. The van der Waals surface area contributed by atoms with Crippen molar-refractivity contribution in [3.8, 4) is 11.3 Å². The minimum Gasteiger partial charge on any atom is -0.298 e. The summed E-state index contributed by atoms with van der Waals surface area (Å²) in [5.74, 6) is 0. The maximum absolute atomic E-state index is 10.7. The number of carbonyl (C=O) groups excluding carboxylic acids is 1. The van der Waals surface area contributed by atoms with E-state index >= 15 is 0 Å². The molecule has 0 fully saturated rings. The van der Waals surface area contributed by atoms with E-state index in [9.17, 15) is 4.79 Å². The van der Waals surface area contributed by atoms with Crippen molar-refractivity contribution in [2.24, 2.45) is 0 Å². The van der Waals surface area contributed by atoms with Crippen LogP contribution in [0.5, 0.6) is 0 Å². The molecule has 3 aromatic rings. The Morgan fingerprint density at radius 2 is 1.89 bits per heavy atom. The van der Waals surface area contributed by atoms with Gasteiger partial charge in [-0.1, -0.05) is 24.3 Å². The van der Waals surface area contributed by atoms with Gasteiger partial charge in [-0.05, 0) is 18.2 Å². The smallest absolute Gasteiger partial charge is 0.151 e. The molecule has 3 heteroatoms. The Morgan fingerprint density at radius 3 is 2.78 bits per heavy atom. The van der Waals surface area contributed by atoms with E-state index in [2.05, 4.69) is 9.97 Å². The summed E-state index contributed by atoms with van der Waals surface area (Å²) in [6.07, 6.45) is 4.04. The predicted octanol–water partition coefficient (Wildman–Crippen LogP) is 3.11. The first-order valence-electron chi connectivity index (χ1n) is 5.63. The lowest BCUT2D eigenvalue weighted by molar-refractivity contribution is 0.112. The van der Waals surface area contributed by atoms with Gasteiger partial charge in [0.1, 0.15) is 0 Å². The molecular weight excluding hydrogens is 224 g/mol. The summed E-state index contributed by atoms with van der Waals surface area (Å²) in [4.78, 5) is 19.3. The molecule has 0 amide bonds. The second-order valence-corrected chi connectivity index (χ2v) is 4.01. The Morgan fingerprint density at radius 1 is 1.00 bits per heavy atom. The highest BCUT2D eigenvalue weighted by molar-refractivity contribution is 5.82. The largest absolute Gasteiger partial charge is 0.298 e. The van der Waals surface area contributed by atoms with Crippen LogP contribution in [0.15, 0.2) is 54.9 Å². The highest BCUT2D eigenvalue weighted by Crippen LogP contribution is 2.20. The molecule has 0 atom stereocenters. The maximum Gasteiger partial charge on any atom is 0.151 e. The van der Waals surface area contributed by atoms with E-state index in [-0.39, 0.29) is 0 Å². The summed E-state index contributed by atoms with van der Waals surface area (Å²) in [7, 11) is 0. The third kappa shape index (κ3) is 1.86. The number of hydrogen-bond acceptors (Lipinski definition) is 3. The number of rotatable bonds is 2. The van der Waals surface area contributed by atoms with Gasteiger partial charge in [-0.25, -0.2) is 4.98 Å². The Bertz CT molecular complexity index is 722. The van der Waals surface area contributed by atoms with Crippen LogP contribution in [-0.2, 0) is 0 Å². The van der Waals surface area contributed by atoms with E-state index in [1.165, 1.54) is 6.20 Å². The molecule has 2 aromatic heterocycles. The summed E-state index contributed by atoms with van der Waals surface area (Å²) in [6, 6.07) is 13.7. The average molecular weight is 234 g/mol. The van der Waals surface area contributed by atoms with E-state index in [4.69, 9.17) is 0 Å². The number of para-hydroxylation sites is 1. The number of carbonyl (C=O) groups is 1. The molecule has 0 radical (unpaired) electrons. The highest BCUT2D eigenvalue weighted by Gasteiger charge is 2.02. The highest BCUT2D eigenvalue weighted by atomic mass is 16.1. The van der Waals surface area contributed by atoms with Gasteiger partial charge in [0.2, 0.25) is 0 Å². The van der Waals surface area contributed by atoms with Gasteiger partial charge in [-0.3, -0.25) is 9.78 Å². The van der Waals surface area contributed by atoms with Crippen molar-refractivity contribution in [2.75, 3.05) is 0 Å². The van der Waals surface area contributed by atoms with Crippen molar-refractivity contribution in [2.45, 2.75) is 0 Å². The average Bonchev–Trinajstić information content (AvgIpc) is 2.47. The summed E-state index contributed by atoms with van der Waals surface area (Å²) in [6.45, 7) is 0. The van der Waals surface area contributed by atoms with Crippen LogP contribution in [-0.4, -0.2) is 16.3 Å². The number of nitrogens with zero attached hydrogens (tertiary/aromatic N) is 2. The summed E-state index contributed by atoms with van der Waals surface area (Å²) >= 11 is 0. The third-order valence-corrected chi connectivity index (χ3v) is 2.79. The van der Waals surface area contributed by atoms with Gasteiger partial charge >= 0.3 is 0 Å². The zero-order chi connectivity index (χ0) is 12.4. The van der Waals surface area contributed by atoms with E-state index in [0.29, 0.717) is 5.56 Å². The lowest BCUT2D eigenvalue weighted by Crippen LogP contribution is -1.88. The topological polar surface area (TPSA) is 42.9 Å². The number of fused-ring (bicyclic) bond motifs is 1. The quantitative estimate of drug-likeness (QED) is 0.640. The molecule has 1 aromatic carbocycles. The number of pyridine rings is 2. The van der Waals surface area contributed by atoms with Crippen LogP contribution in [0.4, 0.5) is 0 Å². The molecule has 18 heavy (non-hydrogen) atoms. The van der Waals surface area contributed by atoms with Crippen LogP contribution in [0.2, 0.25) is 0 Å². The standard InChI is InChI=1S/C15H10N2O/c18-10-11-7-13(9-16-8-11)15-6-5-12-3-1-2-4-14(12)17-15/h1-10H. The second-order valence-electron chi connectivity index (χ2n) is 4.01. The zero-order valence-corrected chi connectivity index (χ0v) is 9.58. The molecule has 0 aliphatic carbocycles. The molecule has 0 N–H and O–H groups in total. The van der Waals surface area contributed by atoms with Gasteiger partial charge in [-0.15, -0.1) is 0 Å². The normalized spacial score (nSPS) is 10.4. The Labute approximate surface area is 104 Å². The van der Waals surface area contributed by atoms with Gasteiger partial charge in [0, 0.05) is 28.9 Å². The maximum atomic E-state index is 10.7. The van der Waals surface area contributed by atoms with Crippen LogP contribution in [0, 0.1) is 0 Å². The number of aromatic nitrogens is 2. The monoisotopic (exact) mass is 234 g/mol. The summed E-state index contributed by atoms with van der Waals surface area (Å²) in [5.41, 5.74) is 3.17. The lowest BCUT2D eigenvalue weighted by atomic mass is 10.1. The first kappa shape index (κ1) is 10.6. The SMILES string of the molecule is O=Cc1cncc(-c2ccc3ccccc3n2)c1. The molecule has 3 rings (SSSR count). The lowest BCUT2D eigenvalue weighted by Gasteiger charge is -2.03. The second kappa shape index (κ2) is 4.37. The van der Waals surface area contributed by atoms with Crippen molar-refractivity contribution < 1.29 is 4.79 Å². The van der Waals surface area contributed by atoms with Crippen molar-refractivity contribution in [3.05, 3.63) is 60.4 Å². The fourth-order valence-corrected chi connectivity index (χ4v) is 1.89. The van der Waals surface area contributed by atoms with Crippen LogP contribution in [0.3, 0.4) is 0 Å². The molecule has 2 heterocycles. The molecule has 86 valence electrons. The Balaban J connectivity index is 2.15. The first-order valence-corrected chi connectivity index (χ1v) is 5.63. The van der Waals surface area contributed by atoms with Gasteiger partial charge < -0.3 is 0 Å². The van der Waals surface area contributed by atoms with E-state index in [1.54, 1.807) is 12.3 Å². The minimum atomic E-state index is 0.558. The van der Waals surface area contributed by atoms with Crippen molar-refractivity contribution >= 4 is 17.2 Å². The van der Waals surface area contributed by atoms with E-state index in [1.807, 2.05) is 36.4 Å².